The highest BCUT2D eigenvalue weighted by atomic mass is 16.3. The lowest BCUT2D eigenvalue weighted by atomic mass is 10.2. The number of furan rings is 1. The summed E-state index contributed by atoms with van der Waals surface area (Å²) in [5.74, 6) is 0. The number of hydrogen-bond acceptors (Lipinski definition) is 3. The first-order valence-electron chi connectivity index (χ1n) is 4.82. The molecule has 1 saturated heterocycles. The van der Waals surface area contributed by atoms with Crippen molar-refractivity contribution in [3.8, 4) is 0 Å². The van der Waals surface area contributed by atoms with Crippen LogP contribution in [0.25, 0.3) is 0 Å². The number of hydrogen-bond donors (Lipinski definition) is 1. The molecule has 13 heavy (non-hydrogen) atoms. The summed E-state index contributed by atoms with van der Waals surface area (Å²) in [6.45, 7) is 6.60. The standard InChI is InChI=1S/C10H16N2O/c1-9-6-11-3-4-12(9)7-10-2-5-13-8-10/h2,5,8-9,11H,3-4,6-7H2,1H3/t9-/m0/s1. The smallest absolute Gasteiger partial charge is 0.0947 e. The Morgan fingerprint density at radius 2 is 2.62 bits per heavy atom. The van der Waals surface area contributed by atoms with E-state index in [0.717, 1.165) is 26.2 Å². The van der Waals surface area contributed by atoms with E-state index in [4.69, 9.17) is 4.42 Å². The number of piperazine rings is 1. The Balaban J connectivity index is 1.93. The fourth-order valence-corrected chi connectivity index (χ4v) is 1.74. The molecular formula is C10H16N2O. The van der Waals surface area contributed by atoms with Gasteiger partial charge in [0, 0.05) is 37.8 Å². The van der Waals surface area contributed by atoms with Gasteiger partial charge < -0.3 is 9.73 Å². The molecule has 1 atom stereocenters. The van der Waals surface area contributed by atoms with Crippen molar-refractivity contribution in [3.05, 3.63) is 24.2 Å². The van der Waals surface area contributed by atoms with E-state index < -0.39 is 0 Å². The Hall–Kier alpha value is -0.800. The van der Waals surface area contributed by atoms with Gasteiger partial charge in [0.15, 0.2) is 0 Å². The normalized spacial score (nSPS) is 24.8. The van der Waals surface area contributed by atoms with Crippen LogP contribution in [0.5, 0.6) is 0 Å². The summed E-state index contributed by atoms with van der Waals surface area (Å²) < 4.78 is 5.05. The van der Waals surface area contributed by atoms with Crippen LogP contribution in [0, 0.1) is 0 Å². The molecule has 1 aromatic rings. The highest BCUT2D eigenvalue weighted by Crippen LogP contribution is 2.09. The molecule has 0 saturated carbocycles. The lowest BCUT2D eigenvalue weighted by Gasteiger charge is -2.33. The van der Waals surface area contributed by atoms with Gasteiger partial charge >= 0.3 is 0 Å². The monoisotopic (exact) mass is 180 g/mol. The summed E-state index contributed by atoms with van der Waals surface area (Å²) in [6, 6.07) is 2.66. The Kier molecular flexibility index (Phi) is 2.66. The third kappa shape index (κ3) is 2.11. The Morgan fingerprint density at radius 1 is 1.69 bits per heavy atom. The van der Waals surface area contributed by atoms with Gasteiger partial charge in [0.1, 0.15) is 0 Å². The minimum absolute atomic E-state index is 0.628. The van der Waals surface area contributed by atoms with Crippen molar-refractivity contribution in [2.75, 3.05) is 19.6 Å². The molecular weight excluding hydrogens is 164 g/mol. The van der Waals surface area contributed by atoms with Crippen molar-refractivity contribution >= 4 is 0 Å². The molecule has 0 amide bonds. The average Bonchev–Trinajstić information content (AvgIpc) is 2.61. The Bertz CT molecular complexity index is 245. The zero-order chi connectivity index (χ0) is 9.10. The van der Waals surface area contributed by atoms with E-state index in [1.54, 1.807) is 6.26 Å². The molecule has 0 bridgehead atoms. The summed E-state index contributed by atoms with van der Waals surface area (Å²) in [6.07, 6.45) is 3.57. The van der Waals surface area contributed by atoms with E-state index in [1.165, 1.54) is 5.56 Å². The number of nitrogens with zero attached hydrogens (tertiary/aromatic N) is 1. The van der Waals surface area contributed by atoms with Crippen LogP contribution in [0.4, 0.5) is 0 Å². The Morgan fingerprint density at radius 3 is 3.31 bits per heavy atom. The molecule has 2 rings (SSSR count). The molecule has 1 aromatic heterocycles. The molecule has 1 aliphatic rings. The first-order valence-corrected chi connectivity index (χ1v) is 4.82. The van der Waals surface area contributed by atoms with Crippen LogP contribution in [0.1, 0.15) is 12.5 Å². The van der Waals surface area contributed by atoms with Gasteiger partial charge in [0.25, 0.3) is 0 Å². The Labute approximate surface area is 78.7 Å². The first kappa shape index (κ1) is 8.78. The molecule has 1 N–H and O–H groups in total. The lowest BCUT2D eigenvalue weighted by Crippen LogP contribution is -2.49. The van der Waals surface area contributed by atoms with Crippen LogP contribution in [0.3, 0.4) is 0 Å². The summed E-state index contributed by atoms with van der Waals surface area (Å²) in [5, 5.41) is 3.38. The van der Waals surface area contributed by atoms with E-state index in [9.17, 15) is 0 Å². The van der Waals surface area contributed by atoms with Gasteiger partial charge in [-0.3, -0.25) is 4.90 Å². The molecule has 2 heterocycles. The summed E-state index contributed by atoms with van der Waals surface area (Å²) in [5.41, 5.74) is 1.27. The quantitative estimate of drug-likeness (QED) is 0.738. The van der Waals surface area contributed by atoms with Crippen LogP contribution in [-0.2, 0) is 6.54 Å². The first-order chi connectivity index (χ1) is 6.36. The van der Waals surface area contributed by atoms with Crippen LogP contribution >= 0.6 is 0 Å². The van der Waals surface area contributed by atoms with Gasteiger partial charge in [0.2, 0.25) is 0 Å². The number of nitrogens with one attached hydrogen (secondary N) is 1. The molecule has 1 fully saturated rings. The van der Waals surface area contributed by atoms with Crippen LogP contribution in [-0.4, -0.2) is 30.6 Å². The highest BCUT2D eigenvalue weighted by molar-refractivity contribution is 5.05. The van der Waals surface area contributed by atoms with E-state index in [0.29, 0.717) is 6.04 Å². The summed E-state index contributed by atoms with van der Waals surface area (Å²) in [7, 11) is 0. The van der Waals surface area contributed by atoms with Gasteiger partial charge in [-0.15, -0.1) is 0 Å². The van der Waals surface area contributed by atoms with Gasteiger partial charge in [-0.05, 0) is 13.0 Å². The van der Waals surface area contributed by atoms with Crippen molar-refractivity contribution in [3.63, 3.8) is 0 Å². The van der Waals surface area contributed by atoms with E-state index in [1.807, 2.05) is 12.3 Å². The van der Waals surface area contributed by atoms with Gasteiger partial charge in [-0.25, -0.2) is 0 Å². The van der Waals surface area contributed by atoms with Crippen molar-refractivity contribution in [2.24, 2.45) is 0 Å². The molecule has 3 nitrogen and oxygen atoms in total. The third-order valence-corrected chi connectivity index (χ3v) is 2.60. The zero-order valence-corrected chi connectivity index (χ0v) is 7.99. The van der Waals surface area contributed by atoms with Gasteiger partial charge in [-0.1, -0.05) is 0 Å². The van der Waals surface area contributed by atoms with Crippen molar-refractivity contribution < 1.29 is 4.42 Å². The fraction of sp³-hybridized carbons (Fsp3) is 0.600. The van der Waals surface area contributed by atoms with Gasteiger partial charge in [-0.2, -0.15) is 0 Å². The van der Waals surface area contributed by atoms with E-state index >= 15 is 0 Å². The minimum Gasteiger partial charge on any atom is -0.472 e. The highest BCUT2D eigenvalue weighted by Gasteiger charge is 2.17. The van der Waals surface area contributed by atoms with Crippen LogP contribution < -0.4 is 5.32 Å². The maximum Gasteiger partial charge on any atom is 0.0947 e. The molecule has 3 heteroatoms. The van der Waals surface area contributed by atoms with Crippen molar-refractivity contribution in [2.45, 2.75) is 19.5 Å². The summed E-state index contributed by atoms with van der Waals surface area (Å²) in [4.78, 5) is 2.47. The van der Waals surface area contributed by atoms with Crippen molar-refractivity contribution in [1.29, 1.82) is 0 Å². The predicted molar refractivity (Wildman–Crippen MR) is 51.4 cm³/mol. The maximum absolute atomic E-state index is 5.05. The molecule has 1 aliphatic heterocycles. The molecule has 0 unspecified atom stereocenters. The SMILES string of the molecule is C[C@H]1CNCCN1Cc1ccoc1. The summed E-state index contributed by atoms with van der Waals surface area (Å²) >= 11 is 0. The second kappa shape index (κ2) is 3.94. The second-order valence-corrected chi connectivity index (χ2v) is 3.66. The minimum atomic E-state index is 0.628. The molecule has 0 radical (unpaired) electrons. The third-order valence-electron chi connectivity index (χ3n) is 2.60. The zero-order valence-electron chi connectivity index (χ0n) is 7.99. The van der Waals surface area contributed by atoms with Gasteiger partial charge in [0.05, 0.1) is 12.5 Å². The van der Waals surface area contributed by atoms with Crippen LogP contribution in [0.15, 0.2) is 23.0 Å². The van der Waals surface area contributed by atoms with Crippen LogP contribution in [0.2, 0.25) is 0 Å². The molecule has 72 valence electrons. The molecule has 0 aliphatic carbocycles. The maximum atomic E-state index is 5.05. The molecule has 0 spiro atoms. The fourth-order valence-electron chi connectivity index (χ4n) is 1.74. The largest absolute Gasteiger partial charge is 0.472 e. The molecule has 0 aromatic carbocycles. The topological polar surface area (TPSA) is 28.4 Å². The number of rotatable bonds is 2. The lowest BCUT2D eigenvalue weighted by molar-refractivity contribution is 0.165. The van der Waals surface area contributed by atoms with E-state index in [2.05, 4.69) is 17.1 Å². The average molecular weight is 180 g/mol. The second-order valence-electron chi connectivity index (χ2n) is 3.66. The predicted octanol–water partition coefficient (Wildman–Crippen LogP) is 1.07. The van der Waals surface area contributed by atoms with Crippen molar-refractivity contribution in [1.82, 2.24) is 10.2 Å². The van der Waals surface area contributed by atoms with E-state index in [-0.39, 0.29) is 0 Å².